The number of fused-ring (bicyclic) bond motifs is 3. The maximum absolute atomic E-state index is 5.26. The normalized spacial score (nSPS) is 18.8. The van der Waals surface area contributed by atoms with Gasteiger partial charge in [-0.25, -0.2) is 15.0 Å². The average molecular weight is 377 g/mol. The van der Waals surface area contributed by atoms with Gasteiger partial charge in [-0.15, -0.1) is 10.2 Å². The fourth-order valence-electron chi connectivity index (χ4n) is 4.44. The third-order valence-electron chi connectivity index (χ3n) is 5.77. The largest absolute Gasteiger partial charge is 0.481 e. The van der Waals surface area contributed by atoms with Crippen LogP contribution >= 0.6 is 0 Å². The lowest BCUT2D eigenvalue weighted by Gasteiger charge is -2.40. The molecule has 1 fully saturated rings. The smallest absolute Gasteiger partial charge is 0.213 e. The molecule has 1 aliphatic carbocycles. The Kier molecular flexibility index (Phi) is 4.18. The highest BCUT2D eigenvalue weighted by Crippen LogP contribution is 2.42. The molecule has 1 saturated carbocycles. The summed E-state index contributed by atoms with van der Waals surface area (Å²) in [5.74, 6) is 3.17. The summed E-state index contributed by atoms with van der Waals surface area (Å²) >= 11 is 0. The van der Waals surface area contributed by atoms with Crippen molar-refractivity contribution in [1.29, 1.82) is 0 Å². The van der Waals surface area contributed by atoms with E-state index in [1.807, 2.05) is 22.9 Å². The Labute approximate surface area is 163 Å². The van der Waals surface area contributed by atoms with Gasteiger partial charge < -0.3 is 9.64 Å². The van der Waals surface area contributed by atoms with Crippen LogP contribution in [-0.2, 0) is 0 Å². The molecule has 0 spiro atoms. The molecule has 3 aromatic heterocycles. The quantitative estimate of drug-likeness (QED) is 0.689. The molecule has 5 rings (SSSR count). The van der Waals surface area contributed by atoms with Crippen molar-refractivity contribution in [3.8, 4) is 23.0 Å². The molecule has 1 atom stereocenters. The topological polar surface area (TPSA) is 81.8 Å². The Bertz CT molecular complexity index is 996. The van der Waals surface area contributed by atoms with Crippen LogP contribution < -0.4 is 9.64 Å². The van der Waals surface area contributed by atoms with Gasteiger partial charge in [0.2, 0.25) is 5.88 Å². The van der Waals surface area contributed by atoms with Gasteiger partial charge in [0.15, 0.2) is 17.5 Å². The second-order valence-electron chi connectivity index (χ2n) is 7.32. The van der Waals surface area contributed by atoms with Crippen LogP contribution in [0.4, 0.5) is 5.82 Å². The number of hydrogen-bond donors (Lipinski definition) is 0. The summed E-state index contributed by atoms with van der Waals surface area (Å²) in [6.45, 7) is 2.20. The zero-order chi connectivity index (χ0) is 19.1. The molecule has 28 heavy (non-hydrogen) atoms. The number of hydrogen-bond acceptors (Lipinski definition) is 7. The second-order valence-corrected chi connectivity index (χ2v) is 7.32. The molecule has 1 aliphatic heterocycles. The Morgan fingerprint density at radius 3 is 2.86 bits per heavy atom. The number of aromatic nitrogens is 6. The van der Waals surface area contributed by atoms with Gasteiger partial charge in [0.25, 0.3) is 0 Å². The van der Waals surface area contributed by atoms with E-state index in [4.69, 9.17) is 9.72 Å². The number of pyridine rings is 1. The lowest BCUT2D eigenvalue weighted by molar-refractivity contribution is 0.398. The van der Waals surface area contributed by atoms with Crippen molar-refractivity contribution in [3.63, 3.8) is 0 Å². The lowest BCUT2D eigenvalue weighted by Crippen LogP contribution is -2.42. The highest BCUT2D eigenvalue weighted by atomic mass is 16.5. The zero-order valence-corrected chi connectivity index (χ0v) is 16.1. The molecule has 0 aromatic carbocycles. The highest BCUT2D eigenvalue weighted by molar-refractivity contribution is 5.66. The minimum Gasteiger partial charge on any atom is -0.481 e. The van der Waals surface area contributed by atoms with Gasteiger partial charge in [-0.2, -0.15) is 0 Å². The summed E-state index contributed by atoms with van der Waals surface area (Å²) in [5, 5.41) is 8.59. The maximum atomic E-state index is 5.26. The fourth-order valence-corrected chi connectivity index (χ4v) is 4.44. The van der Waals surface area contributed by atoms with E-state index in [0.717, 1.165) is 29.3 Å². The van der Waals surface area contributed by atoms with E-state index in [0.29, 0.717) is 17.7 Å². The molecule has 0 saturated heterocycles. The first-order valence-corrected chi connectivity index (χ1v) is 9.86. The van der Waals surface area contributed by atoms with Gasteiger partial charge in [0.05, 0.1) is 19.3 Å². The average Bonchev–Trinajstić information content (AvgIpc) is 3.44. The molecule has 0 radical (unpaired) electrons. The minimum atomic E-state index is 0.174. The van der Waals surface area contributed by atoms with Crippen LogP contribution in [0.1, 0.15) is 50.9 Å². The van der Waals surface area contributed by atoms with E-state index in [2.05, 4.69) is 32.0 Å². The molecule has 0 bridgehead atoms. The molecule has 0 N–H and O–H groups in total. The second kappa shape index (κ2) is 6.85. The Hall–Kier alpha value is -3.03. The van der Waals surface area contributed by atoms with Gasteiger partial charge in [-0.05, 0) is 25.3 Å². The third-order valence-corrected chi connectivity index (χ3v) is 5.77. The molecule has 0 amide bonds. The van der Waals surface area contributed by atoms with E-state index < -0.39 is 0 Å². The molecule has 4 heterocycles. The Balaban J connectivity index is 1.67. The number of methoxy groups -OCH3 is 1. The van der Waals surface area contributed by atoms with Crippen LogP contribution in [0.3, 0.4) is 0 Å². The summed E-state index contributed by atoms with van der Waals surface area (Å²) in [7, 11) is 1.61. The van der Waals surface area contributed by atoms with E-state index in [-0.39, 0.29) is 6.04 Å². The van der Waals surface area contributed by atoms with Crippen molar-refractivity contribution in [2.45, 2.75) is 51.1 Å². The van der Waals surface area contributed by atoms with Gasteiger partial charge >= 0.3 is 0 Å². The standard InChI is InChI=1S/C20H23N7O/c1-3-15-20-25-23-12-26(20)16-11-22-18(13-8-9-21-17(10-13)28-2)24-19(16)27(15)14-6-4-5-7-14/h8-12,14-15H,3-7H2,1-2H3. The Morgan fingerprint density at radius 1 is 1.21 bits per heavy atom. The van der Waals surface area contributed by atoms with E-state index in [1.54, 1.807) is 19.6 Å². The molecule has 3 aromatic rings. The first kappa shape index (κ1) is 17.1. The van der Waals surface area contributed by atoms with Crippen LogP contribution in [0.2, 0.25) is 0 Å². The zero-order valence-electron chi connectivity index (χ0n) is 16.1. The molecule has 1 unspecified atom stereocenters. The first-order chi connectivity index (χ1) is 13.8. The molecule has 8 heteroatoms. The van der Waals surface area contributed by atoms with Crippen molar-refractivity contribution in [2.24, 2.45) is 0 Å². The SMILES string of the molecule is CCC1c2nncn2-c2cnc(-c3ccnc(OC)c3)nc2N1C1CCCC1. The molecule has 2 aliphatic rings. The van der Waals surface area contributed by atoms with Crippen molar-refractivity contribution < 1.29 is 4.74 Å². The van der Waals surface area contributed by atoms with Crippen LogP contribution in [0.5, 0.6) is 5.88 Å². The number of nitrogens with zero attached hydrogens (tertiary/aromatic N) is 7. The number of ether oxygens (including phenoxy) is 1. The van der Waals surface area contributed by atoms with Crippen LogP contribution in [0.15, 0.2) is 30.9 Å². The van der Waals surface area contributed by atoms with Crippen molar-refractivity contribution in [3.05, 3.63) is 36.7 Å². The molecule has 144 valence electrons. The van der Waals surface area contributed by atoms with Gasteiger partial charge in [0, 0.05) is 23.9 Å². The monoisotopic (exact) mass is 377 g/mol. The first-order valence-electron chi connectivity index (χ1n) is 9.86. The summed E-state index contributed by atoms with van der Waals surface area (Å²) in [6.07, 6.45) is 11.2. The summed E-state index contributed by atoms with van der Waals surface area (Å²) < 4.78 is 7.30. The number of rotatable bonds is 4. The van der Waals surface area contributed by atoms with Crippen LogP contribution in [0.25, 0.3) is 17.1 Å². The van der Waals surface area contributed by atoms with Crippen molar-refractivity contribution >= 4 is 5.82 Å². The summed E-state index contributed by atoms with van der Waals surface area (Å²) in [6, 6.07) is 4.43. The lowest BCUT2D eigenvalue weighted by atomic mass is 10.0. The minimum absolute atomic E-state index is 0.174. The molecular weight excluding hydrogens is 354 g/mol. The summed E-state index contributed by atoms with van der Waals surface area (Å²) in [5.41, 5.74) is 1.84. The van der Waals surface area contributed by atoms with Gasteiger partial charge in [-0.1, -0.05) is 19.8 Å². The van der Waals surface area contributed by atoms with Gasteiger partial charge in [-0.3, -0.25) is 4.57 Å². The van der Waals surface area contributed by atoms with Crippen molar-refractivity contribution in [1.82, 2.24) is 29.7 Å². The van der Waals surface area contributed by atoms with E-state index >= 15 is 0 Å². The van der Waals surface area contributed by atoms with Gasteiger partial charge in [0.1, 0.15) is 12.0 Å². The van der Waals surface area contributed by atoms with E-state index in [1.165, 1.54) is 25.7 Å². The highest BCUT2D eigenvalue weighted by Gasteiger charge is 2.38. The molecular formula is C20H23N7O. The Morgan fingerprint density at radius 2 is 2.07 bits per heavy atom. The molecule has 8 nitrogen and oxygen atoms in total. The third kappa shape index (κ3) is 2.63. The maximum Gasteiger partial charge on any atom is 0.213 e. The predicted octanol–water partition coefficient (Wildman–Crippen LogP) is 3.34. The summed E-state index contributed by atoms with van der Waals surface area (Å²) in [4.78, 5) is 16.3. The van der Waals surface area contributed by atoms with E-state index in [9.17, 15) is 0 Å². The van der Waals surface area contributed by atoms with Crippen LogP contribution in [-0.4, -0.2) is 42.9 Å². The van der Waals surface area contributed by atoms with Crippen molar-refractivity contribution in [2.75, 3.05) is 12.0 Å². The fraction of sp³-hybridized carbons (Fsp3) is 0.450. The predicted molar refractivity (Wildman–Crippen MR) is 104 cm³/mol. The number of anilines is 1. The van der Waals surface area contributed by atoms with Crippen LogP contribution in [0, 0.1) is 0 Å².